The standard InChI is InChI=1S/C79H149NO8/c1-6-8-10-12-14-16-18-20-22-24-26-28-30-32-34-36-38-39-40-42-44-46-48-50-52-54-56-58-60-62-64-66-68-70-77(82)88-75(74-87-79(78(83)84)85-72-71-80(3,4)5)73-86-76(81)69-67-65-63-61-59-57-55-53-51-49-47-45-43-41-37-35-33-31-29-27-25-23-21-19-17-15-13-11-9-7-2/h18,20,24,26,30,32,75,79H,6-17,19,21-23,25,27-29,31,33-74H2,1-5H3/b20-18-,26-24-,32-30-. The fourth-order valence-corrected chi connectivity index (χ4v) is 11.7. The van der Waals surface area contributed by atoms with Gasteiger partial charge in [-0.05, 0) is 51.4 Å². The van der Waals surface area contributed by atoms with E-state index < -0.39 is 24.3 Å². The summed E-state index contributed by atoms with van der Waals surface area (Å²) >= 11 is 0. The van der Waals surface area contributed by atoms with Crippen molar-refractivity contribution in [2.24, 2.45) is 0 Å². The summed E-state index contributed by atoms with van der Waals surface area (Å²) in [7, 11) is 5.95. The van der Waals surface area contributed by atoms with Crippen LogP contribution in [0.3, 0.4) is 0 Å². The molecular formula is C79H149NO8. The number of ether oxygens (including phenoxy) is 4. The largest absolute Gasteiger partial charge is 0.545 e. The molecule has 0 aromatic heterocycles. The van der Waals surface area contributed by atoms with Gasteiger partial charge in [-0.1, -0.05) is 365 Å². The third-order valence-electron chi connectivity index (χ3n) is 17.6. The number of hydrogen-bond acceptors (Lipinski definition) is 8. The van der Waals surface area contributed by atoms with Crippen LogP contribution in [-0.4, -0.2) is 82.3 Å². The van der Waals surface area contributed by atoms with Gasteiger partial charge in [-0.15, -0.1) is 0 Å². The number of carbonyl (C=O) groups is 3. The molecule has 0 aromatic rings. The molecule has 0 saturated heterocycles. The number of hydrogen-bond donors (Lipinski definition) is 0. The molecule has 88 heavy (non-hydrogen) atoms. The number of carbonyl (C=O) groups excluding carboxylic acids is 3. The van der Waals surface area contributed by atoms with E-state index in [9.17, 15) is 19.5 Å². The fourth-order valence-electron chi connectivity index (χ4n) is 11.7. The number of quaternary nitrogens is 1. The lowest BCUT2D eigenvalue weighted by Crippen LogP contribution is -2.44. The smallest absolute Gasteiger partial charge is 0.306 e. The van der Waals surface area contributed by atoms with Crippen LogP contribution in [0.15, 0.2) is 36.5 Å². The van der Waals surface area contributed by atoms with Crippen molar-refractivity contribution < 1.29 is 42.9 Å². The molecule has 0 aromatic carbocycles. The number of aliphatic carboxylic acids is 1. The second-order valence-electron chi connectivity index (χ2n) is 27.7. The van der Waals surface area contributed by atoms with Gasteiger partial charge in [0.05, 0.1) is 40.3 Å². The van der Waals surface area contributed by atoms with Crippen LogP contribution < -0.4 is 5.11 Å². The SMILES string of the molecule is CCCCCCC/C=C\C/C=C\C/C=C\CCCCCCCCCCCCCCCCCCCCC(=O)OC(COC(=O)CCCCCCCCCCCCCCCCCCCCCCCCCCCCCCCC)COC(OCC[N+](C)(C)C)C(=O)[O-]. The quantitative estimate of drug-likeness (QED) is 0.0195. The molecule has 0 amide bonds. The number of unbranched alkanes of at least 4 members (excludes halogenated alkanes) is 52. The highest BCUT2D eigenvalue weighted by Gasteiger charge is 2.22. The predicted octanol–water partition coefficient (Wildman–Crippen LogP) is 23.0. The van der Waals surface area contributed by atoms with E-state index in [0.29, 0.717) is 17.4 Å². The van der Waals surface area contributed by atoms with Gasteiger partial charge in [-0.25, -0.2) is 0 Å². The highest BCUT2D eigenvalue weighted by atomic mass is 16.7. The molecule has 0 N–H and O–H groups in total. The first-order valence-corrected chi connectivity index (χ1v) is 38.6. The van der Waals surface area contributed by atoms with Crippen molar-refractivity contribution in [1.82, 2.24) is 0 Å². The Morgan fingerprint density at radius 2 is 0.614 bits per heavy atom. The van der Waals surface area contributed by atoms with Crippen molar-refractivity contribution in [1.29, 1.82) is 0 Å². The Kier molecular flexibility index (Phi) is 68.4. The summed E-state index contributed by atoms with van der Waals surface area (Å²) in [5, 5.41) is 11.8. The Morgan fingerprint density at radius 3 is 0.909 bits per heavy atom. The molecule has 0 saturated carbocycles. The first-order valence-electron chi connectivity index (χ1n) is 38.6. The monoisotopic (exact) mass is 1240 g/mol. The maximum absolute atomic E-state index is 13.0. The minimum absolute atomic E-state index is 0.151. The maximum Gasteiger partial charge on any atom is 0.306 e. The molecule has 9 nitrogen and oxygen atoms in total. The van der Waals surface area contributed by atoms with Gasteiger partial charge in [0.1, 0.15) is 13.2 Å². The predicted molar refractivity (Wildman–Crippen MR) is 376 cm³/mol. The van der Waals surface area contributed by atoms with Gasteiger partial charge in [0.15, 0.2) is 12.4 Å². The molecule has 0 radical (unpaired) electrons. The molecule has 2 unspecified atom stereocenters. The average Bonchev–Trinajstić information content (AvgIpc) is 3.62. The molecule has 0 heterocycles. The molecule has 0 aliphatic rings. The summed E-state index contributed by atoms with van der Waals surface area (Å²) in [6, 6.07) is 0. The number of nitrogens with zero attached hydrogens (tertiary/aromatic N) is 1. The van der Waals surface area contributed by atoms with Gasteiger partial charge in [0, 0.05) is 12.8 Å². The Labute approximate surface area is 547 Å². The summed E-state index contributed by atoms with van der Waals surface area (Å²) in [4.78, 5) is 37.6. The molecule has 0 spiro atoms. The van der Waals surface area contributed by atoms with Gasteiger partial charge in [-0.3, -0.25) is 9.59 Å². The minimum Gasteiger partial charge on any atom is -0.545 e. The Bertz CT molecular complexity index is 1540. The van der Waals surface area contributed by atoms with Crippen LogP contribution in [-0.2, 0) is 33.3 Å². The summed E-state index contributed by atoms with van der Waals surface area (Å²) in [6.45, 7) is 4.82. The van der Waals surface area contributed by atoms with E-state index in [1.165, 1.54) is 315 Å². The molecule has 0 aliphatic carbocycles. The summed E-state index contributed by atoms with van der Waals surface area (Å²) in [6.07, 6.45) is 86.9. The van der Waals surface area contributed by atoms with Gasteiger partial charge in [0.25, 0.3) is 0 Å². The molecule has 0 rings (SSSR count). The van der Waals surface area contributed by atoms with E-state index in [2.05, 4.69) is 50.3 Å². The molecule has 0 fully saturated rings. The highest BCUT2D eigenvalue weighted by Crippen LogP contribution is 2.20. The van der Waals surface area contributed by atoms with Gasteiger partial charge >= 0.3 is 11.9 Å². The van der Waals surface area contributed by atoms with Crippen LogP contribution >= 0.6 is 0 Å². The van der Waals surface area contributed by atoms with Crippen molar-refractivity contribution in [3.8, 4) is 0 Å². The van der Waals surface area contributed by atoms with Crippen molar-refractivity contribution in [2.75, 3.05) is 47.5 Å². The zero-order valence-electron chi connectivity index (χ0n) is 59.4. The maximum atomic E-state index is 13.0. The highest BCUT2D eigenvalue weighted by molar-refractivity contribution is 5.70. The second-order valence-corrected chi connectivity index (χ2v) is 27.7. The first-order chi connectivity index (χ1) is 43.1. The van der Waals surface area contributed by atoms with Gasteiger partial charge in [-0.2, -0.15) is 0 Å². The zero-order chi connectivity index (χ0) is 64.0. The molecule has 2 atom stereocenters. The Hall–Kier alpha value is -2.49. The molecule has 0 aliphatic heterocycles. The van der Waals surface area contributed by atoms with Crippen molar-refractivity contribution in [3.63, 3.8) is 0 Å². The molecule has 0 bridgehead atoms. The van der Waals surface area contributed by atoms with E-state index in [4.69, 9.17) is 18.9 Å². The number of rotatable bonds is 73. The number of esters is 2. The lowest BCUT2D eigenvalue weighted by molar-refractivity contribution is -0.870. The van der Waals surface area contributed by atoms with E-state index >= 15 is 0 Å². The van der Waals surface area contributed by atoms with Crippen LogP contribution in [0.2, 0.25) is 0 Å². The minimum atomic E-state index is -1.62. The first kappa shape index (κ1) is 85.5. The Balaban J connectivity index is 4.01. The summed E-state index contributed by atoms with van der Waals surface area (Å²) in [5.41, 5.74) is 0. The number of likely N-dealkylation sites (N-methyl/N-ethyl adjacent to an activating group) is 1. The average molecular weight is 1240 g/mol. The van der Waals surface area contributed by atoms with Crippen LogP contribution in [0.25, 0.3) is 0 Å². The van der Waals surface area contributed by atoms with E-state index in [-0.39, 0.29) is 32.2 Å². The van der Waals surface area contributed by atoms with Crippen LogP contribution in [0.5, 0.6) is 0 Å². The third kappa shape index (κ3) is 71.0. The zero-order valence-corrected chi connectivity index (χ0v) is 59.4. The summed E-state index contributed by atoms with van der Waals surface area (Å²) in [5.74, 6) is -2.25. The Morgan fingerprint density at radius 1 is 0.341 bits per heavy atom. The lowest BCUT2D eigenvalue weighted by atomic mass is 10.0. The molecular weight excluding hydrogens is 1090 g/mol. The fraction of sp³-hybridized carbons (Fsp3) is 0.886. The second kappa shape index (κ2) is 70.4. The van der Waals surface area contributed by atoms with Crippen molar-refractivity contribution in [2.45, 2.75) is 405 Å². The van der Waals surface area contributed by atoms with Crippen molar-refractivity contribution in [3.05, 3.63) is 36.5 Å². The van der Waals surface area contributed by atoms with Crippen LogP contribution in [0, 0.1) is 0 Å². The topological polar surface area (TPSA) is 111 Å². The van der Waals surface area contributed by atoms with E-state index in [0.717, 1.165) is 51.4 Å². The normalized spacial score (nSPS) is 12.8. The lowest BCUT2D eigenvalue weighted by Gasteiger charge is -2.26. The molecule has 518 valence electrons. The van der Waals surface area contributed by atoms with Crippen LogP contribution in [0.1, 0.15) is 393 Å². The number of allylic oxidation sites excluding steroid dienone is 6. The molecule has 9 heteroatoms. The van der Waals surface area contributed by atoms with Gasteiger partial charge < -0.3 is 33.3 Å². The van der Waals surface area contributed by atoms with E-state index in [1.807, 2.05) is 21.1 Å². The van der Waals surface area contributed by atoms with Gasteiger partial charge in [0.2, 0.25) is 0 Å². The summed E-state index contributed by atoms with van der Waals surface area (Å²) < 4.78 is 22.9. The van der Waals surface area contributed by atoms with Crippen molar-refractivity contribution >= 4 is 17.9 Å². The number of carboxylic acids is 1. The van der Waals surface area contributed by atoms with Crippen LogP contribution in [0.4, 0.5) is 0 Å². The number of carboxylic acid groups (broad SMARTS) is 1. The van der Waals surface area contributed by atoms with E-state index in [1.54, 1.807) is 0 Å². The third-order valence-corrected chi connectivity index (χ3v) is 17.6.